The van der Waals surface area contributed by atoms with Gasteiger partial charge in [-0.1, -0.05) is 60.1 Å². The predicted octanol–water partition coefficient (Wildman–Crippen LogP) is 4.61. The maximum Gasteiger partial charge on any atom is 0.334 e. The molecule has 0 radical (unpaired) electrons. The maximum absolute atomic E-state index is 15.3. The third kappa shape index (κ3) is 3.48. The van der Waals surface area contributed by atoms with E-state index in [9.17, 15) is 4.79 Å². The van der Waals surface area contributed by atoms with Gasteiger partial charge in [-0.2, -0.15) is 0 Å². The lowest BCUT2D eigenvalue weighted by atomic mass is 9.76. The molecule has 3 aromatic rings. The smallest absolute Gasteiger partial charge is 0.334 e. The lowest BCUT2D eigenvalue weighted by Gasteiger charge is -2.46. The van der Waals surface area contributed by atoms with Gasteiger partial charge in [0.1, 0.15) is 5.54 Å². The van der Waals surface area contributed by atoms with E-state index < -0.39 is 24.3 Å². The molecule has 8 heteroatoms. The summed E-state index contributed by atoms with van der Waals surface area (Å²) >= 11 is 12.0. The fourth-order valence-electron chi connectivity index (χ4n) is 4.49. The third-order valence-electron chi connectivity index (χ3n) is 6.44. The first kappa shape index (κ1) is 23.5. The molecule has 5 nitrogen and oxygen atoms in total. The minimum Gasteiger partial charge on any atom is -0.467 e. The van der Waals surface area contributed by atoms with Crippen LogP contribution < -0.4 is 15.9 Å². The minimum absolute atomic E-state index is 0.205. The van der Waals surface area contributed by atoms with E-state index >= 15 is 4.57 Å². The van der Waals surface area contributed by atoms with E-state index in [0.717, 1.165) is 5.56 Å². The Labute approximate surface area is 204 Å². The summed E-state index contributed by atoms with van der Waals surface area (Å²) in [6, 6.07) is 25.6. The Morgan fingerprint density at radius 2 is 1.42 bits per heavy atom. The van der Waals surface area contributed by atoms with Crippen molar-refractivity contribution in [1.82, 2.24) is 9.99 Å². The van der Waals surface area contributed by atoms with Crippen LogP contribution in [0, 0.1) is 0 Å². The molecule has 33 heavy (non-hydrogen) atoms. The Morgan fingerprint density at radius 1 is 0.939 bits per heavy atom. The van der Waals surface area contributed by atoms with Crippen molar-refractivity contribution >= 4 is 52.8 Å². The van der Waals surface area contributed by atoms with Crippen LogP contribution in [0.15, 0.2) is 84.9 Å². The predicted molar refractivity (Wildman–Crippen MR) is 137 cm³/mol. The van der Waals surface area contributed by atoms with Gasteiger partial charge in [-0.3, -0.25) is 9.24 Å². The van der Waals surface area contributed by atoms with Crippen molar-refractivity contribution in [3.63, 3.8) is 0 Å². The van der Waals surface area contributed by atoms with E-state index in [1.54, 1.807) is 23.7 Å². The van der Waals surface area contributed by atoms with Crippen molar-refractivity contribution in [2.24, 2.45) is 0 Å². The number of carbonyl (C=O) groups is 1. The molecule has 4 rings (SSSR count). The highest BCUT2D eigenvalue weighted by Crippen LogP contribution is 2.60. The van der Waals surface area contributed by atoms with Gasteiger partial charge in [0, 0.05) is 15.6 Å². The zero-order chi connectivity index (χ0) is 23.9. The normalized spacial score (nSPS) is 22.7. The van der Waals surface area contributed by atoms with Gasteiger partial charge in [0.2, 0.25) is 7.29 Å². The Balaban J connectivity index is 2.07. The molecule has 170 valence electrons. The molecule has 1 aliphatic heterocycles. The van der Waals surface area contributed by atoms with Gasteiger partial charge in [-0.05, 0) is 68.0 Å². The largest absolute Gasteiger partial charge is 0.467 e. The molecule has 2 atom stereocenters. The fourth-order valence-corrected chi connectivity index (χ4v) is 8.45. The van der Waals surface area contributed by atoms with Crippen LogP contribution in [-0.2, 0) is 19.6 Å². The summed E-state index contributed by atoms with van der Waals surface area (Å²) in [4.78, 5) is 13.2. The minimum atomic E-state index is -3.57. The van der Waals surface area contributed by atoms with Crippen molar-refractivity contribution in [2.75, 3.05) is 7.11 Å². The Bertz CT molecular complexity index is 1200. The van der Waals surface area contributed by atoms with Gasteiger partial charge in [-0.25, -0.2) is 4.79 Å². The van der Waals surface area contributed by atoms with E-state index in [4.69, 9.17) is 28.6 Å². The average Bonchev–Trinajstić information content (AvgIpc) is 3.06. The van der Waals surface area contributed by atoms with Crippen LogP contribution in [0.25, 0.3) is 0 Å². The molecule has 0 spiro atoms. The van der Waals surface area contributed by atoms with Crippen molar-refractivity contribution in [3.05, 3.63) is 95.5 Å². The number of nitrogens with zero attached hydrogens (tertiary/aromatic N) is 1. The number of benzene rings is 3. The molecule has 1 saturated heterocycles. The van der Waals surface area contributed by atoms with Gasteiger partial charge < -0.3 is 10.1 Å². The first-order chi connectivity index (χ1) is 15.7. The number of nitrogens with one attached hydrogen (secondary N) is 1. The molecule has 1 heterocycles. The lowest BCUT2D eigenvalue weighted by molar-refractivity contribution is -0.150. The third-order valence-corrected chi connectivity index (χ3v) is 10.3. The van der Waals surface area contributed by atoms with Crippen LogP contribution in [0.5, 0.6) is 0 Å². The first-order valence-electron chi connectivity index (χ1n) is 10.4. The Morgan fingerprint density at radius 3 is 1.88 bits per heavy atom. The van der Waals surface area contributed by atoms with Gasteiger partial charge in [-0.15, -0.1) is 0 Å². The average molecular weight is 499 g/mol. The maximum atomic E-state index is 15.3. The van der Waals surface area contributed by atoms with E-state index in [1.165, 1.54) is 7.11 Å². The monoisotopic (exact) mass is 498 g/mol. The molecule has 0 aliphatic carbocycles. The number of ether oxygens (including phenoxy) is 1. The Hall–Kier alpha value is -2.66. The second kappa shape index (κ2) is 8.60. The molecule has 0 amide bonds. The van der Waals surface area contributed by atoms with Crippen LogP contribution in [-0.4, -0.2) is 28.4 Å². The SMILES string of the molecule is COC(=O)[C@@]1(C)NC(=S)N(P(=O)(c2ccccc2)c2ccccc2)[C@]1(C)c1ccc(Cl)cc1. The van der Waals surface area contributed by atoms with E-state index in [1.807, 2.05) is 79.7 Å². The van der Waals surface area contributed by atoms with E-state index in [-0.39, 0.29) is 5.11 Å². The number of halogens is 1. The number of carbonyl (C=O) groups excluding carboxylic acids is 1. The highest BCUT2D eigenvalue weighted by Gasteiger charge is 2.66. The van der Waals surface area contributed by atoms with Gasteiger partial charge in [0.25, 0.3) is 0 Å². The quantitative estimate of drug-likeness (QED) is 0.315. The number of rotatable bonds is 5. The molecule has 1 aliphatic rings. The topological polar surface area (TPSA) is 58.6 Å². The van der Waals surface area contributed by atoms with Crippen molar-refractivity contribution < 1.29 is 14.1 Å². The van der Waals surface area contributed by atoms with Crippen LogP contribution in [0.2, 0.25) is 5.02 Å². The van der Waals surface area contributed by atoms with Gasteiger partial charge in [0.05, 0.1) is 7.11 Å². The highest BCUT2D eigenvalue weighted by atomic mass is 35.5. The molecule has 0 bridgehead atoms. The summed E-state index contributed by atoms with van der Waals surface area (Å²) in [6.45, 7) is 3.58. The summed E-state index contributed by atoms with van der Waals surface area (Å²) in [5.74, 6) is -0.516. The molecule has 0 unspecified atom stereocenters. The number of thiocarbonyl (C=S) groups is 1. The Kier molecular flexibility index (Phi) is 6.12. The fraction of sp³-hybridized carbons (Fsp3) is 0.200. The van der Waals surface area contributed by atoms with E-state index in [2.05, 4.69) is 5.32 Å². The van der Waals surface area contributed by atoms with Crippen LogP contribution in [0.1, 0.15) is 19.4 Å². The van der Waals surface area contributed by atoms with Crippen LogP contribution in [0.4, 0.5) is 0 Å². The first-order valence-corrected chi connectivity index (χ1v) is 12.8. The lowest BCUT2D eigenvalue weighted by Crippen LogP contribution is -2.60. The number of esters is 1. The summed E-state index contributed by atoms with van der Waals surface area (Å²) in [6.07, 6.45) is 0. The molecule has 0 aromatic heterocycles. The second-order valence-electron chi connectivity index (χ2n) is 8.18. The van der Waals surface area contributed by atoms with Crippen LogP contribution in [0.3, 0.4) is 0 Å². The number of hydrogen-bond acceptors (Lipinski definition) is 4. The number of methoxy groups -OCH3 is 1. The van der Waals surface area contributed by atoms with E-state index in [0.29, 0.717) is 15.6 Å². The summed E-state index contributed by atoms with van der Waals surface area (Å²) < 4.78 is 22.2. The zero-order valence-electron chi connectivity index (χ0n) is 18.5. The van der Waals surface area contributed by atoms with Gasteiger partial charge >= 0.3 is 5.97 Å². The molecule has 1 N–H and O–H groups in total. The van der Waals surface area contributed by atoms with Crippen molar-refractivity contribution in [1.29, 1.82) is 0 Å². The molecule has 0 saturated carbocycles. The molecular formula is C25H24ClN2O3PS. The molecule has 3 aromatic carbocycles. The van der Waals surface area contributed by atoms with Crippen molar-refractivity contribution in [2.45, 2.75) is 24.9 Å². The van der Waals surface area contributed by atoms with Crippen LogP contribution >= 0.6 is 31.1 Å². The molecule has 1 fully saturated rings. The number of hydrogen-bond donors (Lipinski definition) is 1. The molecular weight excluding hydrogens is 475 g/mol. The zero-order valence-corrected chi connectivity index (χ0v) is 21.0. The highest BCUT2D eigenvalue weighted by molar-refractivity contribution is 7.83. The summed E-state index contributed by atoms with van der Waals surface area (Å²) in [7, 11) is -2.24. The van der Waals surface area contributed by atoms with Gasteiger partial charge in [0.15, 0.2) is 10.7 Å². The summed E-state index contributed by atoms with van der Waals surface area (Å²) in [5, 5.41) is 5.13. The van der Waals surface area contributed by atoms with Crippen molar-refractivity contribution in [3.8, 4) is 0 Å². The standard InChI is InChI=1S/C25H24ClN2O3PS/c1-24(22(29)31-3)25(2,18-14-16-19(26)17-15-18)28(23(33)27-24)32(30,20-10-6-4-7-11-20)21-12-8-5-9-13-21/h4-17H,1-3H3,(H,27,33)/t24-,25-/m1/s1. The summed E-state index contributed by atoms with van der Waals surface area (Å²) in [5.41, 5.74) is -1.78. The second-order valence-corrected chi connectivity index (χ2v) is 11.6.